The molecular formula is C29H34F3N7O. The van der Waals surface area contributed by atoms with Crippen LogP contribution in [-0.4, -0.2) is 64.5 Å². The molecule has 3 aromatic rings. The summed E-state index contributed by atoms with van der Waals surface area (Å²) in [6.07, 6.45) is -0.643. The van der Waals surface area contributed by atoms with Gasteiger partial charge in [-0.25, -0.2) is 0 Å². The standard InChI is InChI=1S/C29H34F3N7O/c1-18(29(30,31)32)26-22-9-6-10-24(37-25-17-38(5)15-19(25)13-33)23(22)12-21(36-26)8-7-11-34-27(40)20-14-35-39(16-20)28(2,3)4/h6,9-10,12,14,16,19,25,37H,1,7-8,11,15,17H2,2-5H3,(H,34,40). The summed E-state index contributed by atoms with van der Waals surface area (Å²) in [5.74, 6) is -0.515. The molecule has 1 aliphatic rings. The van der Waals surface area contributed by atoms with Gasteiger partial charge >= 0.3 is 6.18 Å². The summed E-state index contributed by atoms with van der Waals surface area (Å²) >= 11 is 0. The maximum Gasteiger partial charge on any atom is 0.417 e. The number of carbonyl (C=O) groups is 1. The zero-order valence-corrected chi connectivity index (χ0v) is 23.1. The molecule has 2 atom stereocenters. The highest BCUT2D eigenvalue weighted by molar-refractivity contribution is 6.00. The first-order valence-electron chi connectivity index (χ1n) is 13.1. The van der Waals surface area contributed by atoms with E-state index in [0.717, 1.165) is 0 Å². The van der Waals surface area contributed by atoms with Crippen molar-refractivity contribution in [3.8, 4) is 6.07 Å². The number of aryl methyl sites for hydroxylation is 1. The van der Waals surface area contributed by atoms with Crippen LogP contribution in [0.15, 0.2) is 43.2 Å². The molecule has 4 rings (SSSR count). The van der Waals surface area contributed by atoms with Gasteiger partial charge in [0.05, 0.1) is 46.6 Å². The SMILES string of the molecule is C=C(c1nc(CCCNC(=O)c2cnn(C(C)(C)C)c2)cc2c(NC3CN(C)CC3C#N)cccc12)C(F)(F)F. The normalized spacial score (nSPS) is 18.1. The molecular weight excluding hydrogens is 519 g/mol. The third-order valence-corrected chi connectivity index (χ3v) is 6.99. The minimum absolute atomic E-state index is 0.163. The average Bonchev–Trinajstić information content (AvgIpc) is 3.52. The molecule has 2 N–H and O–H groups in total. The van der Waals surface area contributed by atoms with Crippen molar-refractivity contribution in [1.82, 2.24) is 25.0 Å². The minimum Gasteiger partial charge on any atom is -0.379 e. The fourth-order valence-corrected chi connectivity index (χ4v) is 4.81. The second kappa shape index (κ2) is 11.3. The molecule has 1 aromatic carbocycles. The maximum atomic E-state index is 13.7. The number of hydrogen-bond donors (Lipinski definition) is 2. The Morgan fingerprint density at radius 2 is 1.98 bits per heavy atom. The van der Waals surface area contributed by atoms with Crippen molar-refractivity contribution in [3.63, 3.8) is 0 Å². The lowest BCUT2D eigenvalue weighted by atomic mass is 9.99. The van der Waals surface area contributed by atoms with Gasteiger partial charge in [-0.2, -0.15) is 23.5 Å². The molecule has 1 aliphatic heterocycles. The lowest BCUT2D eigenvalue weighted by molar-refractivity contribution is -0.0688. The first-order chi connectivity index (χ1) is 18.8. The summed E-state index contributed by atoms with van der Waals surface area (Å²) in [6, 6.07) is 9.01. The quantitative estimate of drug-likeness (QED) is 0.382. The molecule has 2 unspecified atom stereocenters. The predicted molar refractivity (Wildman–Crippen MR) is 149 cm³/mol. The van der Waals surface area contributed by atoms with E-state index in [0.29, 0.717) is 60.2 Å². The van der Waals surface area contributed by atoms with Crippen molar-refractivity contribution in [2.75, 3.05) is 32.0 Å². The number of carbonyl (C=O) groups excluding carboxylic acids is 1. The fourth-order valence-electron chi connectivity index (χ4n) is 4.81. The Bertz CT molecular complexity index is 1450. The Balaban J connectivity index is 1.55. The minimum atomic E-state index is -4.65. The van der Waals surface area contributed by atoms with Crippen LogP contribution in [0.4, 0.5) is 18.9 Å². The van der Waals surface area contributed by atoms with E-state index < -0.39 is 11.7 Å². The third kappa shape index (κ3) is 6.45. The van der Waals surface area contributed by atoms with Crippen LogP contribution in [0.1, 0.15) is 48.9 Å². The smallest absolute Gasteiger partial charge is 0.379 e. The van der Waals surface area contributed by atoms with E-state index in [9.17, 15) is 23.2 Å². The molecule has 1 amide bonds. The predicted octanol–water partition coefficient (Wildman–Crippen LogP) is 4.99. The number of aromatic nitrogens is 3. The number of likely N-dealkylation sites (tertiary alicyclic amines) is 1. The van der Waals surface area contributed by atoms with Gasteiger partial charge in [-0.1, -0.05) is 18.7 Å². The molecule has 0 saturated carbocycles. The zero-order valence-electron chi connectivity index (χ0n) is 23.1. The number of nitrogens with one attached hydrogen (secondary N) is 2. The van der Waals surface area contributed by atoms with Crippen LogP contribution in [-0.2, 0) is 12.0 Å². The van der Waals surface area contributed by atoms with Crippen molar-refractivity contribution < 1.29 is 18.0 Å². The van der Waals surface area contributed by atoms with Gasteiger partial charge in [-0.05, 0) is 52.8 Å². The van der Waals surface area contributed by atoms with Crippen molar-refractivity contribution in [2.45, 2.75) is 51.4 Å². The van der Waals surface area contributed by atoms with Crippen molar-refractivity contribution >= 4 is 27.9 Å². The highest BCUT2D eigenvalue weighted by Crippen LogP contribution is 2.37. The Morgan fingerprint density at radius 1 is 1.23 bits per heavy atom. The molecule has 0 spiro atoms. The Hall–Kier alpha value is -3.91. The van der Waals surface area contributed by atoms with Crippen molar-refractivity contribution in [2.24, 2.45) is 5.92 Å². The number of likely N-dealkylation sites (N-methyl/N-ethyl adjacent to an activating group) is 1. The Labute approximate surface area is 231 Å². The highest BCUT2D eigenvalue weighted by Gasteiger charge is 2.35. The molecule has 2 aromatic heterocycles. The van der Waals surface area contributed by atoms with Crippen LogP contribution in [0, 0.1) is 17.2 Å². The second-order valence-electron chi connectivity index (χ2n) is 11.3. The van der Waals surface area contributed by atoms with Crippen LogP contribution < -0.4 is 10.6 Å². The van der Waals surface area contributed by atoms with Gasteiger partial charge in [-0.15, -0.1) is 0 Å². The fraction of sp³-hybridized carbons (Fsp3) is 0.448. The lowest BCUT2D eigenvalue weighted by Gasteiger charge is -2.20. The molecule has 212 valence electrons. The summed E-state index contributed by atoms with van der Waals surface area (Å²) < 4.78 is 42.9. The maximum absolute atomic E-state index is 13.7. The van der Waals surface area contributed by atoms with Crippen LogP contribution in [0.2, 0.25) is 0 Å². The van der Waals surface area contributed by atoms with Crippen LogP contribution in [0.3, 0.4) is 0 Å². The number of allylic oxidation sites excluding steroid dienone is 1. The second-order valence-corrected chi connectivity index (χ2v) is 11.3. The van der Waals surface area contributed by atoms with E-state index in [2.05, 4.69) is 33.4 Å². The number of nitriles is 1. The summed E-state index contributed by atoms with van der Waals surface area (Å²) in [7, 11) is 1.93. The summed E-state index contributed by atoms with van der Waals surface area (Å²) in [6.45, 7) is 10.8. The largest absolute Gasteiger partial charge is 0.417 e. The first kappa shape index (κ1) is 29.1. The average molecular weight is 554 g/mol. The third-order valence-electron chi connectivity index (χ3n) is 6.99. The number of anilines is 1. The monoisotopic (exact) mass is 553 g/mol. The topological polar surface area (TPSA) is 98.9 Å². The molecule has 1 saturated heterocycles. The molecule has 11 heteroatoms. The van der Waals surface area contributed by atoms with Gasteiger partial charge in [-0.3, -0.25) is 14.5 Å². The first-order valence-corrected chi connectivity index (χ1v) is 13.1. The summed E-state index contributed by atoms with van der Waals surface area (Å²) in [5, 5.41) is 21.0. The Morgan fingerprint density at radius 3 is 2.62 bits per heavy atom. The number of amides is 1. The van der Waals surface area contributed by atoms with Crippen molar-refractivity contribution in [1.29, 1.82) is 5.26 Å². The van der Waals surface area contributed by atoms with E-state index in [4.69, 9.17) is 0 Å². The lowest BCUT2D eigenvalue weighted by Crippen LogP contribution is -2.27. The van der Waals surface area contributed by atoms with Gasteiger partial charge in [0.2, 0.25) is 0 Å². The summed E-state index contributed by atoms with van der Waals surface area (Å²) in [5.41, 5.74) is 0.0414. The Kier molecular flexibility index (Phi) is 8.21. The van der Waals surface area contributed by atoms with E-state index in [-0.39, 0.29) is 29.1 Å². The molecule has 3 heterocycles. The molecule has 0 bridgehead atoms. The van der Waals surface area contributed by atoms with E-state index in [1.165, 1.54) is 6.20 Å². The van der Waals surface area contributed by atoms with Crippen LogP contribution in [0.25, 0.3) is 16.3 Å². The number of fused-ring (bicyclic) bond motifs is 1. The number of hydrogen-bond acceptors (Lipinski definition) is 6. The highest BCUT2D eigenvalue weighted by atomic mass is 19.4. The molecule has 40 heavy (non-hydrogen) atoms. The molecule has 0 aliphatic carbocycles. The van der Waals surface area contributed by atoms with E-state index >= 15 is 0 Å². The van der Waals surface area contributed by atoms with Crippen molar-refractivity contribution in [3.05, 3.63) is 60.2 Å². The van der Waals surface area contributed by atoms with Gasteiger partial charge in [0.15, 0.2) is 0 Å². The van der Waals surface area contributed by atoms with Crippen LogP contribution >= 0.6 is 0 Å². The van der Waals surface area contributed by atoms with E-state index in [1.807, 2.05) is 32.7 Å². The van der Waals surface area contributed by atoms with Gasteiger partial charge in [0.25, 0.3) is 5.91 Å². The van der Waals surface area contributed by atoms with Gasteiger partial charge in [0, 0.05) is 48.0 Å². The molecule has 1 fully saturated rings. The van der Waals surface area contributed by atoms with Gasteiger partial charge in [0.1, 0.15) is 0 Å². The molecule has 0 radical (unpaired) electrons. The summed E-state index contributed by atoms with van der Waals surface area (Å²) in [4.78, 5) is 19.0. The number of halogens is 3. The van der Waals surface area contributed by atoms with E-state index in [1.54, 1.807) is 35.1 Å². The number of alkyl halides is 3. The number of benzene rings is 1. The van der Waals surface area contributed by atoms with Gasteiger partial charge < -0.3 is 15.5 Å². The molecule has 8 nitrogen and oxygen atoms in total. The number of rotatable bonds is 8. The number of pyridine rings is 1. The zero-order chi connectivity index (χ0) is 29.2. The number of nitrogens with zero attached hydrogens (tertiary/aromatic N) is 5. The van der Waals surface area contributed by atoms with Crippen LogP contribution in [0.5, 0.6) is 0 Å².